The van der Waals surface area contributed by atoms with Crippen LogP contribution in [0.4, 0.5) is 0 Å². The van der Waals surface area contributed by atoms with Crippen LogP contribution in [-0.2, 0) is 0 Å². The minimum absolute atomic E-state index is 0.225. The van der Waals surface area contributed by atoms with Gasteiger partial charge in [0.05, 0.1) is 30.5 Å². The fourth-order valence-corrected chi connectivity index (χ4v) is 1.69. The van der Waals surface area contributed by atoms with Gasteiger partial charge in [-0.15, -0.1) is 5.10 Å². The van der Waals surface area contributed by atoms with Crippen molar-refractivity contribution in [2.45, 2.75) is 0 Å². The smallest absolute Gasteiger partial charge is 0.251 e. The number of amides is 1. The molecule has 6 heteroatoms. The molecule has 0 spiro atoms. The molecule has 0 bridgehead atoms. The molecule has 2 aromatic rings. The predicted octanol–water partition coefficient (Wildman–Crippen LogP) is 1.12. The Bertz CT molecular complexity index is 677. The molecule has 2 N–H and O–H groups in total. The third-order valence-electron chi connectivity index (χ3n) is 2.57. The van der Waals surface area contributed by atoms with Gasteiger partial charge in [-0.3, -0.25) is 4.79 Å². The number of carbonyl (C=O) groups excluding carboxylic acids is 1. The lowest BCUT2D eigenvalue weighted by atomic mass is 10.0. The van der Waals surface area contributed by atoms with Crippen LogP contribution in [0.25, 0.3) is 11.3 Å². The maximum atomic E-state index is 11.4. The van der Waals surface area contributed by atoms with E-state index in [-0.39, 0.29) is 5.56 Å². The van der Waals surface area contributed by atoms with Gasteiger partial charge in [-0.1, -0.05) is 0 Å². The molecule has 6 nitrogen and oxygen atoms in total. The van der Waals surface area contributed by atoms with E-state index in [1.54, 1.807) is 18.2 Å². The van der Waals surface area contributed by atoms with Gasteiger partial charge in [0.25, 0.3) is 5.91 Å². The summed E-state index contributed by atoms with van der Waals surface area (Å²) in [6.45, 7) is 0. The molecular weight excluding hydrogens is 244 g/mol. The quantitative estimate of drug-likeness (QED) is 0.884. The molecule has 0 aliphatic rings. The van der Waals surface area contributed by atoms with Gasteiger partial charge >= 0.3 is 0 Å². The average Bonchev–Trinajstić information content (AvgIpc) is 2.46. The lowest BCUT2D eigenvalue weighted by Crippen LogP contribution is -2.13. The van der Waals surface area contributed by atoms with Gasteiger partial charge in [0.2, 0.25) is 0 Å². The number of hydrogen-bond acceptors (Lipinski definition) is 5. The zero-order valence-corrected chi connectivity index (χ0v) is 10.1. The molecule has 2 rings (SSSR count). The van der Waals surface area contributed by atoms with Crippen molar-refractivity contribution in [1.82, 2.24) is 10.2 Å². The summed E-state index contributed by atoms with van der Waals surface area (Å²) in [7, 11) is 1.49. The minimum atomic E-state index is -0.616. The summed E-state index contributed by atoms with van der Waals surface area (Å²) in [4.78, 5) is 11.4. The highest BCUT2D eigenvalue weighted by atomic mass is 16.5. The number of benzene rings is 1. The SMILES string of the molecule is COc1ccc(C#N)cc1-c1nnccc1C(N)=O. The van der Waals surface area contributed by atoms with Crippen molar-refractivity contribution in [3.05, 3.63) is 41.6 Å². The molecule has 1 aromatic heterocycles. The number of nitrogens with two attached hydrogens (primary N) is 1. The average molecular weight is 254 g/mol. The Balaban J connectivity index is 2.71. The van der Waals surface area contributed by atoms with Crippen molar-refractivity contribution in [2.75, 3.05) is 7.11 Å². The Hall–Kier alpha value is -2.94. The largest absolute Gasteiger partial charge is 0.496 e. The number of rotatable bonds is 3. The molecule has 0 aliphatic carbocycles. The van der Waals surface area contributed by atoms with Crippen LogP contribution in [-0.4, -0.2) is 23.2 Å². The molecule has 1 heterocycles. The summed E-state index contributed by atoms with van der Waals surface area (Å²) in [6, 6.07) is 8.32. The van der Waals surface area contributed by atoms with Crippen molar-refractivity contribution >= 4 is 5.91 Å². The molecule has 0 unspecified atom stereocenters. The molecular formula is C13H10N4O2. The Kier molecular flexibility index (Phi) is 3.39. The Morgan fingerprint density at radius 2 is 2.21 bits per heavy atom. The van der Waals surface area contributed by atoms with Gasteiger partial charge in [0, 0.05) is 5.56 Å². The Morgan fingerprint density at radius 3 is 2.84 bits per heavy atom. The second kappa shape index (κ2) is 5.14. The first-order valence-electron chi connectivity index (χ1n) is 5.37. The highest BCUT2D eigenvalue weighted by Gasteiger charge is 2.16. The number of primary amides is 1. The van der Waals surface area contributed by atoms with E-state index in [0.29, 0.717) is 22.6 Å². The highest BCUT2D eigenvalue weighted by Crippen LogP contribution is 2.31. The first-order chi connectivity index (χ1) is 9.17. The van der Waals surface area contributed by atoms with E-state index in [9.17, 15) is 4.79 Å². The van der Waals surface area contributed by atoms with Crippen molar-refractivity contribution < 1.29 is 9.53 Å². The van der Waals surface area contributed by atoms with Crippen LogP contribution in [0.1, 0.15) is 15.9 Å². The van der Waals surface area contributed by atoms with E-state index in [1.807, 2.05) is 6.07 Å². The zero-order chi connectivity index (χ0) is 13.8. The summed E-state index contributed by atoms with van der Waals surface area (Å²) in [6.07, 6.45) is 1.38. The molecule has 1 amide bonds. The summed E-state index contributed by atoms with van der Waals surface area (Å²) in [5.74, 6) is -0.128. The standard InChI is InChI=1S/C13H10N4O2/c1-19-11-3-2-8(7-14)6-10(11)12-9(13(15)18)4-5-16-17-12/h2-6H,1H3,(H2,15,18). The van der Waals surface area contributed by atoms with E-state index in [0.717, 1.165) is 0 Å². The predicted molar refractivity (Wildman–Crippen MR) is 67.3 cm³/mol. The van der Waals surface area contributed by atoms with Crippen molar-refractivity contribution in [2.24, 2.45) is 5.73 Å². The van der Waals surface area contributed by atoms with Gasteiger partial charge in [0.15, 0.2) is 0 Å². The first-order valence-corrected chi connectivity index (χ1v) is 5.37. The highest BCUT2D eigenvalue weighted by molar-refractivity contribution is 5.99. The maximum absolute atomic E-state index is 11.4. The number of carbonyl (C=O) groups is 1. The molecule has 0 aliphatic heterocycles. The van der Waals surface area contributed by atoms with Gasteiger partial charge in [-0.25, -0.2) is 0 Å². The van der Waals surface area contributed by atoms with E-state index in [1.165, 1.54) is 19.4 Å². The second-order valence-electron chi connectivity index (χ2n) is 3.68. The normalized spacial score (nSPS) is 9.68. The summed E-state index contributed by atoms with van der Waals surface area (Å²) in [5.41, 5.74) is 6.75. The third kappa shape index (κ3) is 2.35. The Labute approximate surface area is 109 Å². The fraction of sp³-hybridized carbons (Fsp3) is 0.0769. The summed E-state index contributed by atoms with van der Waals surface area (Å²) < 4.78 is 5.20. The maximum Gasteiger partial charge on any atom is 0.251 e. The van der Waals surface area contributed by atoms with Gasteiger partial charge in [-0.05, 0) is 24.3 Å². The summed E-state index contributed by atoms with van der Waals surface area (Å²) >= 11 is 0. The van der Waals surface area contributed by atoms with Crippen LogP contribution >= 0.6 is 0 Å². The number of hydrogen-bond donors (Lipinski definition) is 1. The first kappa shape index (κ1) is 12.5. The van der Waals surface area contributed by atoms with Gasteiger partial charge in [0.1, 0.15) is 11.4 Å². The van der Waals surface area contributed by atoms with Gasteiger partial charge in [-0.2, -0.15) is 10.4 Å². The summed E-state index contributed by atoms with van der Waals surface area (Å²) in [5, 5.41) is 16.6. The molecule has 0 saturated heterocycles. The van der Waals surface area contributed by atoms with E-state index >= 15 is 0 Å². The number of ether oxygens (including phenoxy) is 1. The number of aromatic nitrogens is 2. The lowest BCUT2D eigenvalue weighted by Gasteiger charge is -2.09. The monoisotopic (exact) mass is 254 g/mol. The van der Waals surface area contributed by atoms with Gasteiger partial charge < -0.3 is 10.5 Å². The van der Waals surface area contributed by atoms with Crippen LogP contribution in [0.2, 0.25) is 0 Å². The molecule has 0 saturated carbocycles. The van der Waals surface area contributed by atoms with Crippen molar-refractivity contribution in [3.8, 4) is 23.1 Å². The van der Waals surface area contributed by atoms with Crippen LogP contribution in [0.15, 0.2) is 30.5 Å². The fourth-order valence-electron chi connectivity index (χ4n) is 1.69. The minimum Gasteiger partial charge on any atom is -0.496 e. The molecule has 0 atom stereocenters. The second-order valence-corrected chi connectivity index (χ2v) is 3.68. The van der Waals surface area contributed by atoms with Crippen LogP contribution < -0.4 is 10.5 Å². The van der Waals surface area contributed by atoms with E-state index in [4.69, 9.17) is 15.7 Å². The zero-order valence-electron chi connectivity index (χ0n) is 10.1. The van der Waals surface area contributed by atoms with Crippen molar-refractivity contribution in [1.29, 1.82) is 5.26 Å². The van der Waals surface area contributed by atoms with Crippen LogP contribution in [0.5, 0.6) is 5.75 Å². The lowest BCUT2D eigenvalue weighted by molar-refractivity contribution is 0.100. The molecule has 19 heavy (non-hydrogen) atoms. The molecule has 0 fully saturated rings. The number of nitrogens with zero attached hydrogens (tertiary/aromatic N) is 3. The molecule has 0 radical (unpaired) electrons. The third-order valence-corrected chi connectivity index (χ3v) is 2.57. The molecule has 94 valence electrons. The van der Waals surface area contributed by atoms with Crippen LogP contribution in [0.3, 0.4) is 0 Å². The molecule has 1 aromatic carbocycles. The Morgan fingerprint density at radius 1 is 1.42 bits per heavy atom. The van der Waals surface area contributed by atoms with E-state index < -0.39 is 5.91 Å². The topological polar surface area (TPSA) is 102 Å². The number of methoxy groups -OCH3 is 1. The van der Waals surface area contributed by atoms with Crippen LogP contribution in [0, 0.1) is 11.3 Å². The van der Waals surface area contributed by atoms with E-state index in [2.05, 4.69) is 10.2 Å². The number of nitriles is 1. The van der Waals surface area contributed by atoms with Crippen molar-refractivity contribution in [3.63, 3.8) is 0 Å².